The first kappa shape index (κ1) is 22.5. The van der Waals surface area contributed by atoms with Gasteiger partial charge in [-0.2, -0.15) is 5.10 Å². The molecule has 2 aromatic carbocycles. The third-order valence-electron chi connectivity index (χ3n) is 5.39. The molecule has 0 saturated heterocycles. The Morgan fingerprint density at radius 1 is 1.09 bits per heavy atom. The molecule has 1 amide bonds. The van der Waals surface area contributed by atoms with Crippen molar-refractivity contribution in [3.8, 4) is 11.5 Å². The third-order valence-corrected chi connectivity index (χ3v) is 5.39. The second-order valence-corrected chi connectivity index (χ2v) is 7.83. The molecule has 0 aliphatic rings. The number of aromatic nitrogens is 3. The van der Waals surface area contributed by atoms with E-state index in [1.165, 1.54) is 10.9 Å². The molecule has 0 fully saturated rings. The molecule has 4 rings (SSSR count). The maximum absolute atomic E-state index is 12.4. The van der Waals surface area contributed by atoms with E-state index in [0.717, 1.165) is 35.4 Å². The van der Waals surface area contributed by atoms with Crippen molar-refractivity contribution in [3.05, 3.63) is 72.2 Å². The minimum absolute atomic E-state index is 0.00547. The van der Waals surface area contributed by atoms with Crippen LogP contribution in [0.3, 0.4) is 0 Å². The number of carbonyl (C=O) groups excluding carboxylic acids is 1. The summed E-state index contributed by atoms with van der Waals surface area (Å²) in [6.07, 6.45) is 7.65. The average molecular weight is 447 g/mol. The van der Waals surface area contributed by atoms with Gasteiger partial charge in [-0.25, -0.2) is 0 Å². The van der Waals surface area contributed by atoms with E-state index >= 15 is 0 Å². The van der Waals surface area contributed by atoms with Crippen molar-refractivity contribution in [2.45, 2.75) is 39.7 Å². The van der Waals surface area contributed by atoms with Gasteiger partial charge in [0.25, 0.3) is 0 Å². The Kier molecular flexibility index (Phi) is 7.29. The fourth-order valence-corrected chi connectivity index (χ4v) is 3.90. The van der Waals surface area contributed by atoms with Gasteiger partial charge in [-0.1, -0.05) is 24.3 Å². The van der Waals surface area contributed by atoms with Gasteiger partial charge in [0.15, 0.2) is 11.5 Å². The van der Waals surface area contributed by atoms with Crippen molar-refractivity contribution >= 4 is 22.5 Å². The zero-order chi connectivity index (χ0) is 23.0. The first-order chi connectivity index (χ1) is 16.2. The summed E-state index contributed by atoms with van der Waals surface area (Å²) in [5, 5.41) is 8.55. The van der Waals surface area contributed by atoms with Crippen LogP contribution in [-0.4, -0.2) is 33.9 Å². The lowest BCUT2D eigenvalue weighted by Gasteiger charge is -2.12. The molecule has 172 valence electrons. The van der Waals surface area contributed by atoms with E-state index in [1.807, 2.05) is 56.6 Å². The summed E-state index contributed by atoms with van der Waals surface area (Å²) < 4.78 is 13.1. The first-order valence-electron chi connectivity index (χ1n) is 11.4. The van der Waals surface area contributed by atoms with Crippen molar-refractivity contribution in [1.82, 2.24) is 14.8 Å². The molecule has 33 heavy (non-hydrogen) atoms. The summed E-state index contributed by atoms with van der Waals surface area (Å²) in [5.74, 6) is 1.46. The van der Waals surface area contributed by atoms with E-state index < -0.39 is 0 Å². The van der Waals surface area contributed by atoms with Crippen LogP contribution in [0, 0.1) is 0 Å². The molecule has 0 radical (unpaired) electrons. The van der Waals surface area contributed by atoms with Crippen molar-refractivity contribution in [2.75, 3.05) is 18.5 Å². The molecule has 0 atom stereocenters. The van der Waals surface area contributed by atoms with Crippen LogP contribution < -0.4 is 14.8 Å². The van der Waals surface area contributed by atoms with Crippen LogP contribution in [0.1, 0.15) is 37.8 Å². The number of hydrogen-bond acceptors (Lipinski definition) is 4. The highest BCUT2D eigenvalue weighted by Gasteiger charge is 2.09. The van der Waals surface area contributed by atoms with Gasteiger partial charge in [0, 0.05) is 29.7 Å². The standard InChI is InChI=1S/C26H30N4O3/c1-3-32-24-13-12-19(14-25(24)33-4-2)17-30-18-21(16-28-30)29-26(31)11-7-8-20-15-27-23-10-6-5-9-22(20)23/h5-6,9-10,12-16,18,27H,3-4,7-8,11,17H2,1-2H3,(H,29,31). The Hall–Kier alpha value is -3.74. The number of carbonyl (C=O) groups is 1. The summed E-state index contributed by atoms with van der Waals surface area (Å²) in [4.78, 5) is 15.7. The van der Waals surface area contributed by atoms with Gasteiger partial charge in [0.1, 0.15) is 0 Å². The van der Waals surface area contributed by atoms with Crippen molar-refractivity contribution in [3.63, 3.8) is 0 Å². The number of H-pyrrole nitrogens is 1. The molecule has 2 heterocycles. The highest BCUT2D eigenvalue weighted by molar-refractivity contribution is 5.90. The summed E-state index contributed by atoms with van der Waals surface area (Å²) in [7, 11) is 0. The van der Waals surface area contributed by atoms with E-state index in [0.29, 0.717) is 31.9 Å². The third kappa shape index (κ3) is 5.74. The smallest absolute Gasteiger partial charge is 0.224 e. The predicted molar refractivity (Wildman–Crippen MR) is 130 cm³/mol. The van der Waals surface area contributed by atoms with E-state index in [-0.39, 0.29) is 5.91 Å². The van der Waals surface area contributed by atoms with Crippen LogP contribution in [0.25, 0.3) is 10.9 Å². The number of ether oxygens (including phenoxy) is 2. The van der Waals surface area contributed by atoms with Crippen LogP contribution >= 0.6 is 0 Å². The fourth-order valence-electron chi connectivity index (χ4n) is 3.90. The highest BCUT2D eigenvalue weighted by Crippen LogP contribution is 2.29. The average Bonchev–Trinajstić information content (AvgIpc) is 3.43. The van der Waals surface area contributed by atoms with E-state index in [9.17, 15) is 4.79 Å². The number of rotatable bonds is 11. The summed E-state index contributed by atoms with van der Waals surface area (Å²) in [6.45, 7) is 5.63. The Balaban J connectivity index is 1.29. The number of nitrogens with one attached hydrogen (secondary N) is 2. The van der Waals surface area contributed by atoms with Crippen LogP contribution in [-0.2, 0) is 17.8 Å². The number of hydrogen-bond donors (Lipinski definition) is 2. The molecule has 0 bridgehead atoms. The number of anilines is 1. The van der Waals surface area contributed by atoms with Gasteiger partial charge in [-0.15, -0.1) is 0 Å². The number of aromatic amines is 1. The summed E-state index contributed by atoms with van der Waals surface area (Å²) >= 11 is 0. The lowest BCUT2D eigenvalue weighted by Crippen LogP contribution is -2.11. The normalized spacial score (nSPS) is 11.0. The molecular formula is C26H30N4O3. The topological polar surface area (TPSA) is 81.2 Å². The predicted octanol–water partition coefficient (Wildman–Crippen LogP) is 5.17. The van der Waals surface area contributed by atoms with Crippen molar-refractivity contribution in [1.29, 1.82) is 0 Å². The van der Waals surface area contributed by atoms with Crippen LogP contribution in [0.5, 0.6) is 11.5 Å². The van der Waals surface area contributed by atoms with Gasteiger partial charge < -0.3 is 19.8 Å². The van der Waals surface area contributed by atoms with Crippen LogP contribution in [0.4, 0.5) is 5.69 Å². The SMILES string of the molecule is CCOc1ccc(Cn2cc(NC(=O)CCCc3c[nH]c4ccccc34)cn2)cc1OCC. The van der Waals surface area contributed by atoms with Crippen molar-refractivity contribution < 1.29 is 14.3 Å². The van der Waals surface area contributed by atoms with E-state index in [2.05, 4.69) is 27.5 Å². The molecule has 0 aliphatic carbocycles. The van der Waals surface area contributed by atoms with Gasteiger partial charge in [0.2, 0.25) is 5.91 Å². The Morgan fingerprint density at radius 3 is 2.76 bits per heavy atom. The number of aryl methyl sites for hydroxylation is 1. The molecule has 0 unspecified atom stereocenters. The molecule has 2 aromatic heterocycles. The molecular weight excluding hydrogens is 416 g/mol. The Morgan fingerprint density at radius 2 is 1.91 bits per heavy atom. The minimum Gasteiger partial charge on any atom is -0.490 e. The van der Waals surface area contributed by atoms with Gasteiger partial charge in [-0.05, 0) is 56.0 Å². The Labute approximate surface area is 193 Å². The van der Waals surface area contributed by atoms with Crippen LogP contribution in [0.2, 0.25) is 0 Å². The molecule has 4 aromatic rings. The lowest BCUT2D eigenvalue weighted by atomic mass is 10.1. The number of benzene rings is 2. The molecule has 2 N–H and O–H groups in total. The zero-order valence-corrected chi connectivity index (χ0v) is 19.1. The first-order valence-corrected chi connectivity index (χ1v) is 11.4. The number of nitrogens with zero attached hydrogens (tertiary/aromatic N) is 2. The molecule has 0 spiro atoms. The molecule has 0 aliphatic heterocycles. The second kappa shape index (κ2) is 10.7. The number of fused-ring (bicyclic) bond motifs is 1. The molecule has 7 nitrogen and oxygen atoms in total. The monoisotopic (exact) mass is 446 g/mol. The zero-order valence-electron chi connectivity index (χ0n) is 19.1. The van der Waals surface area contributed by atoms with Gasteiger partial charge in [-0.3, -0.25) is 9.48 Å². The van der Waals surface area contributed by atoms with E-state index in [4.69, 9.17) is 9.47 Å². The minimum atomic E-state index is -0.00547. The summed E-state index contributed by atoms with van der Waals surface area (Å²) in [5.41, 5.74) is 4.11. The molecule has 0 saturated carbocycles. The quantitative estimate of drug-likeness (QED) is 0.333. The largest absolute Gasteiger partial charge is 0.490 e. The van der Waals surface area contributed by atoms with Gasteiger partial charge in [0.05, 0.1) is 31.6 Å². The molecule has 7 heteroatoms. The number of para-hydroxylation sites is 1. The second-order valence-electron chi connectivity index (χ2n) is 7.83. The maximum Gasteiger partial charge on any atom is 0.224 e. The number of amides is 1. The Bertz CT molecular complexity index is 1210. The van der Waals surface area contributed by atoms with Gasteiger partial charge >= 0.3 is 0 Å². The van der Waals surface area contributed by atoms with Crippen LogP contribution in [0.15, 0.2) is 61.1 Å². The lowest BCUT2D eigenvalue weighted by molar-refractivity contribution is -0.116. The summed E-state index contributed by atoms with van der Waals surface area (Å²) in [6, 6.07) is 14.1. The van der Waals surface area contributed by atoms with E-state index in [1.54, 1.807) is 10.9 Å². The van der Waals surface area contributed by atoms with Crippen molar-refractivity contribution in [2.24, 2.45) is 0 Å². The highest BCUT2D eigenvalue weighted by atomic mass is 16.5. The maximum atomic E-state index is 12.4. The fraction of sp³-hybridized carbons (Fsp3) is 0.308.